The van der Waals surface area contributed by atoms with Gasteiger partial charge in [0.15, 0.2) is 17.5 Å². The summed E-state index contributed by atoms with van der Waals surface area (Å²) in [4.78, 5) is 4.34. The Morgan fingerprint density at radius 2 is 1.80 bits per heavy atom. The lowest BCUT2D eigenvalue weighted by Gasteiger charge is -2.27. The van der Waals surface area contributed by atoms with Gasteiger partial charge in [-0.2, -0.15) is 5.10 Å². The van der Waals surface area contributed by atoms with Crippen molar-refractivity contribution in [3.63, 3.8) is 0 Å². The summed E-state index contributed by atoms with van der Waals surface area (Å²) in [5.41, 5.74) is 3.32. The van der Waals surface area contributed by atoms with Crippen molar-refractivity contribution >= 4 is 29.9 Å². The third-order valence-electron chi connectivity index (χ3n) is 5.03. The van der Waals surface area contributed by atoms with Crippen molar-refractivity contribution in [1.82, 2.24) is 20.4 Å². The highest BCUT2D eigenvalue weighted by Crippen LogP contribution is 2.32. The molecule has 0 amide bonds. The Hall–Kier alpha value is -1.97. The molecule has 0 radical (unpaired) electrons. The Bertz CT molecular complexity index is 833. The van der Waals surface area contributed by atoms with Gasteiger partial charge in [-0.3, -0.25) is 9.67 Å². The van der Waals surface area contributed by atoms with Gasteiger partial charge in [0.2, 0.25) is 0 Å². The maximum atomic E-state index is 5.44. The van der Waals surface area contributed by atoms with E-state index >= 15 is 0 Å². The fourth-order valence-electron chi connectivity index (χ4n) is 3.22. The van der Waals surface area contributed by atoms with E-state index in [1.165, 1.54) is 11.3 Å². The van der Waals surface area contributed by atoms with E-state index in [9.17, 15) is 0 Å². The number of hydrogen-bond acceptors (Lipinski definition) is 4. The second kappa shape index (κ2) is 12.0. The van der Waals surface area contributed by atoms with Crippen molar-refractivity contribution in [3.05, 3.63) is 41.2 Å². The Balaban J connectivity index is 0.00000450. The fourth-order valence-corrected chi connectivity index (χ4v) is 3.22. The molecule has 168 valence electrons. The Kier molecular flexibility index (Phi) is 10.4. The number of hydrogen-bond donors (Lipinski definition) is 2. The van der Waals surface area contributed by atoms with Gasteiger partial charge in [-0.15, -0.1) is 24.0 Å². The van der Waals surface area contributed by atoms with E-state index in [1.54, 1.807) is 21.3 Å². The Labute approximate surface area is 197 Å². The molecule has 2 rings (SSSR count). The lowest BCUT2D eigenvalue weighted by atomic mass is 9.84. The average molecular weight is 529 g/mol. The summed E-state index contributed by atoms with van der Waals surface area (Å²) in [5.74, 6) is 2.27. The maximum Gasteiger partial charge on any atom is 0.191 e. The summed E-state index contributed by atoms with van der Waals surface area (Å²) >= 11 is 0. The normalized spacial score (nSPS) is 11.6. The summed E-state index contributed by atoms with van der Waals surface area (Å²) in [7, 11) is 5.10. The molecule has 0 atom stereocenters. The van der Waals surface area contributed by atoms with Crippen molar-refractivity contribution in [2.24, 2.45) is 4.99 Å². The number of aryl methyl sites for hydroxylation is 3. The van der Waals surface area contributed by atoms with Crippen molar-refractivity contribution in [1.29, 1.82) is 0 Å². The number of guanidine groups is 1. The number of aromatic nitrogens is 2. The van der Waals surface area contributed by atoms with Gasteiger partial charge < -0.3 is 20.1 Å². The van der Waals surface area contributed by atoms with Crippen LogP contribution in [0.4, 0.5) is 0 Å². The largest absolute Gasteiger partial charge is 0.493 e. The topological polar surface area (TPSA) is 72.7 Å². The van der Waals surface area contributed by atoms with E-state index in [1.807, 2.05) is 23.7 Å². The van der Waals surface area contributed by atoms with Crippen LogP contribution in [0, 0.1) is 13.8 Å². The molecule has 0 aliphatic heterocycles. The third kappa shape index (κ3) is 7.07. The highest BCUT2D eigenvalue weighted by molar-refractivity contribution is 14.0. The number of methoxy groups -OCH3 is 2. The van der Waals surface area contributed by atoms with E-state index in [0.717, 1.165) is 49.2 Å². The van der Waals surface area contributed by atoms with Gasteiger partial charge in [0.05, 0.1) is 19.9 Å². The fraction of sp³-hybridized carbons (Fsp3) is 0.545. The van der Waals surface area contributed by atoms with E-state index in [0.29, 0.717) is 0 Å². The smallest absolute Gasteiger partial charge is 0.191 e. The summed E-state index contributed by atoms with van der Waals surface area (Å²) < 4.78 is 12.8. The van der Waals surface area contributed by atoms with Gasteiger partial charge in [-0.25, -0.2) is 0 Å². The quantitative estimate of drug-likeness (QED) is 0.225. The average Bonchev–Trinajstić information content (AvgIpc) is 3.03. The highest BCUT2D eigenvalue weighted by atomic mass is 127. The van der Waals surface area contributed by atoms with Crippen LogP contribution in [-0.2, 0) is 12.0 Å². The monoisotopic (exact) mass is 529 g/mol. The van der Waals surface area contributed by atoms with Crippen molar-refractivity contribution in [2.75, 3.05) is 34.4 Å². The van der Waals surface area contributed by atoms with Crippen LogP contribution in [0.3, 0.4) is 0 Å². The van der Waals surface area contributed by atoms with Crippen molar-refractivity contribution < 1.29 is 9.47 Å². The predicted octanol–water partition coefficient (Wildman–Crippen LogP) is 3.67. The lowest BCUT2D eigenvalue weighted by Crippen LogP contribution is -2.43. The first-order valence-corrected chi connectivity index (χ1v) is 9.99. The molecule has 1 aromatic carbocycles. The summed E-state index contributed by atoms with van der Waals surface area (Å²) in [6.45, 7) is 10.9. The van der Waals surface area contributed by atoms with Gasteiger partial charge >= 0.3 is 0 Å². The van der Waals surface area contributed by atoms with Crippen LogP contribution in [0.1, 0.15) is 37.2 Å². The van der Waals surface area contributed by atoms with Crippen LogP contribution in [0.5, 0.6) is 11.5 Å². The molecule has 1 aromatic heterocycles. The zero-order chi connectivity index (χ0) is 21.4. The number of halogens is 1. The number of rotatable bonds is 9. The van der Waals surface area contributed by atoms with Gasteiger partial charge in [0.25, 0.3) is 0 Å². The van der Waals surface area contributed by atoms with Crippen LogP contribution in [0.25, 0.3) is 0 Å². The van der Waals surface area contributed by atoms with Crippen molar-refractivity contribution in [2.45, 2.75) is 46.1 Å². The van der Waals surface area contributed by atoms with Gasteiger partial charge in [-0.1, -0.05) is 19.9 Å². The summed E-state index contributed by atoms with van der Waals surface area (Å²) in [6, 6.07) is 8.16. The molecule has 0 aliphatic rings. The van der Waals surface area contributed by atoms with Crippen LogP contribution in [0.15, 0.2) is 29.3 Å². The first kappa shape index (κ1) is 26.1. The van der Waals surface area contributed by atoms with Gasteiger partial charge in [-0.05, 0) is 44.0 Å². The van der Waals surface area contributed by atoms with Crippen LogP contribution in [-0.4, -0.2) is 50.1 Å². The zero-order valence-corrected chi connectivity index (χ0v) is 21.5. The lowest BCUT2D eigenvalue weighted by molar-refractivity contribution is 0.353. The molecule has 0 spiro atoms. The number of benzene rings is 1. The van der Waals surface area contributed by atoms with Crippen molar-refractivity contribution in [3.8, 4) is 11.5 Å². The van der Waals surface area contributed by atoms with Crippen LogP contribution >= 0.6 is 24.0 Å². The minimum Gasteiger partial charge on any atom is -0.493 e. The SMILES string of the molecule is CN=C(NCCCn1nc(C)cc1C)NCC(C)(C)c1ccc(OC)c(OC)c1.I. The highest BCUT2D eigenvalue weighted by Gasteiger charge is 2.22. The number of aliphatic imine (C=N–C) groups is 1. The molecule has 1 heterocycles. The number of nitrogens with one attached hydrogen (secondary N) is 2. The second-order valence-electron chi connectivity index (χ2n) is 7.81. The molecular formula is C22H36IN5O2. The Morgan fingerprint density at radius 3 is 2.37 bits per heavy atom. The predicted molar refractivity (Wildman–Crippen MR) is 134 cm³/mol. The number of nitrogens with zero attached hydrogens (tertiary/aromatic N) is 3. The molecule has 0 unspecified atom stereocenters. The molecule has 2 aromatic rings. The molecule has 0 fully saturated rings. The van der Waals surface area contributed by atoms with Gasteiger partial charge in [0.1, 0.15) is 0 Å². The van der Waals surface area contributed by atoms with Crippen LogP contribution in [0.2, 0.25) is 0 Å². The van der Waals surface area contributed by atoms with E-state index in [2.05, 4.69) is 53.6 Å². The molecule has 0 bridgehead atoms. The zero-order valence-electron chi connectivity index (χ0n) is 19.2. The maximum absolute atomic E-state index is 5.44. The molecule has 30 heavy (non-hydrogen) atoms. The standard InChI is InChI=1S/C22H35N5O2.HI/c1-16-13-17(2)27(26-16)12-8-11-24-21(23-5)25-15-22(3,4)18-9-10-19(28-6)20(14-18)29-7;/h9-10,13-14H,8,11-12,15H2,1-7H3,(H2,23,24,25);1H. The van der Waals surface area contributed by atoms with Crippen LogP contribution < -0.4 is 20.1 Å². The van der Waals surface area contributed by atoms with E-state index in [-0.39, 0.29) is 29.4 Å². The van der Waals surface area contributed by atoms with E-state index < -0.39 is 0 Å². The summed E-state index contributed by atoms with van der Waals surface area (Å²) in [6.07, 6.45) is 0.974. The first-order valence-electron chi connectivity index (χ1n) is 9.99. The first-order chi connectivity index (χ1) is 13.8. The molecule has 2 N–H and O–H groups in total. The number of ether oxygens (including phenoxy) is 2. The minimum absolute atomic E-state index is 0. The molecule has 0 saturated carbocycles. The van der Waals surface area contributed by atoms with E-state index in [4.69, 9.17) is 9.47 Å². The molecular weight excluding hydrogens is 493 g/mol. The molecule has 0 aliphatic carbocycles. The second-order valence-corrected chi connectivity index (χ2v) is 7.81. The Morgan fingerprint density at radius 1 is 1.10 bits per heavy atom. The third-order valence-corrected chi connectivity index (χ3v) is 5.03. The minimum atomic E-state index is -0.110. The summed E-state index contributed by atoms with van der Waals surface area (Å²) in [5, 5.41) is 11.3. The molecule has 8 heteroatoms. The van der Waals surface area contributed by atoms with Gasteiger partial charge in [0, 0.05) is 37.8 Å². The molecule has 7 nitrogen and oxygen atoms in total. The molecule has 0 saturated heterocycles.